The van der Waals surface area contributed by atoms with Crippen LogP contribution in [0.1, 0.15) is 24.9 Å². The van der Waals surface area contributed by atoms with E-state index < -0.39 is 5.97 Å². The van der Waals surface area contributed by atoms with Crippen molar-refractivity contribution < 1.29 is 14.6 Å². The van der Waals surface area contributed by atoms with Gasteiger partial charge in [-0.2, -0.15) is 5.10 Å². The molecular formula is C11H16N2O3. The lowest BCUT2D eigenvalue weighted by molar-refractivity contribution is -0.141. The summed E-state index contributed by atoms with van der Waals surface area (Å²) in [5, 5.41) is 13.1. The SMILES string of the molecule is CC(Cc1cnn(C2CCOC2)c1)C(=O)O. The molecule has 1 aliphatic heterocycles. The molecule has 0 aliphatic carbocycles. The van der Waals surface area contributed by atoms with Crippen molar-refractivity contribution in [3.8, 4) is 0 Å². The zero-order valence-electron chi connectivity index (χ0n) is 9.30. The second kappa shape index (κ2) is 4.65. The summed E-state index contributed by atoms with van der Waals surface area (Å²) in [6.07, 6.45) is 5.19. The summed E-state index contributed by atoms with van der Waals surface area (Å²) in [5.41, 5.74) is 0.974. The number of carbonyl (C=O) groups is 1. The smallest absolute Gasteiger partial charge is 0.306 e. The van der Waals surface area contributed by atoms with Gasteiger partial charge in [-0.15, -0.1) is 0 Å². The molecule has 0 radical (unpaired) electrons. The van der Waals surface area contributed by atoms with Crippen molar-refractivity contribution in [2.24, 2.45) is 5.92 Å². The third-order valence-electron chi connectivity index (χ3n) is 2.90. The van der Waals surface area contributed by atoms with Crippen molar-refractivity contribution in [3.05, 3.63) is 18.0 Å². The van der Waals surface area contributed by atoms with Crippen LogP contribution in [0.15, 0.2) is 12.4 Å². The first-order chi connectivity index (χ1) is 7.66. The molecule has 0 amide bonds. The summed E-state index contributed by atoms with van der Waals surface area (Å²) < 4.78 is 7.17. The number of ether oxygens (including phenoxy) is 1. The number of aromatic nitrogens is 2. The number of rotatable bonds is 4. The quantitative estimate of drug-likeness (QED) is 0.832. The van der Waals surface area contributed by atoms with E-state index in [1.165, 1.54) is 0 Å². The summed E-state index contributed by atoms with van der Waals surface area (Å²) in [5.74, 6) is -1.13. The second-order valence-electron chi connectivity index (χ2n) is 4.29. The molecule has 1 aromatic rings. The second-order valence-corrected chi connectivity index (χ2v) is 4.29. The zero-order valence-corrected chi connectivity index (χ0v) is 9.30. The normalized spacial score (nSPS) is 22.2. The van der Waals surface area contributed by atoms with E-state index >= 15 is 0 Å². The first-order valence-electron chi connectivity index (χ1n) is 5.50. The monoisotopic (exact) mass is 224 g/mol. The molecule has 0 bridgehead atoms. The molecule has 2 atom stereocenters. The zero-order chi connectivity index (χ0) is 11.5. The van der Waals surface area contributed by atoms with Gasteiger partial charge in [0.25, 0.3) is 0 Å². The predicted octanol–water partition coefficient (Wildman–Crippen LogP) is 1.11. The van der Waals surface area contributed by atoms with Crippen LogP contribution in [0.5, 0.6) is 0 Å². The van der Waals surface area contributed by atoms with Crippen LogP contribution >= 0.6 is 0 Å². The number of hydrogen-bond donors (Lipinski definition) is 1. The van der Waals surface area contributed by atoms with Crippen LogP contribution in [-0.4, -0.2) is 34.1 Å². The van der Waals surface area contributed by atoms with Gasteiger partial charge in [-0.25, -0.2) is 0 Å². The number of carboxylic acids is 1. The van der Waals surface area contributed by atoms with Gasteiger partial charge in [-0.3, -0.25) is 9.48 Å². The molecule has 5 heteroatoms. The lowest BCUT2D eigenvalue weighted by atomic mass is 10.0. The minimum absolute atomic E-state index is 0.314. The highest BCUT2D eigenvalue weighted by molar-refractivity contribution is 5.69. The van der Waals surface area contributed by atoms with Gasteiger partial charge in [0.05, 0.1) is 24.8 Å². The number of nitrogens with zero attached hydrogens (tertiary/aromatic N) is 2. The number of carboxylic acid groups (broad SMARTS) is 1. The average Bonchev–Trinajstić information content (AvgIpc) is 2.85. The lowest BCUT2D eigenvalue weighted by Gasteiger charge is -2.07. The molecule has 2 rings (SSSR count). The molecule has 2 unspecified atom stereocenters. The third kappa shape index (κ3) is 2.41. The lowest BCUT2D eigenvalue weighted by Crippen LogP contribution is -2.12. The molecule has 2 heterocycles. The standard InChI is InChI=1S/C11H16N2O3/c1-8(11(14)15)4-9-5-12-13(6-9)10-2-3-16-7-10/h5-6,8,10H,2-4,7H2,1H3,(H,14,15). The van der Waals surface area contributed by atoms with E-state index in [1.807, 2.05) is 10.9 Å². The van der Waals surface area contributed by atoms with Gasteiger partial charge in [0.1, 0.15) is 0 Å². The van der Waals surface area contributed by atoms with E-state index in [-0.39, 0.29) is 5.92 Å². The fraction of sp³-hybridized carbons (Fsp3) is 0.636. The Hall–Kier alpha value is -1.36. The van der Waals surface area contributed by atoms with E-state index in [4.69, 9.17) is 9.84 Å². The molecule has 1 fully saturated rings. The number of hydrogen-bond acceptors (Lipinski definition) is 3. The van der Waals surface area contributed by atoms with Crippen LogP contribution in [-0.2, 0) is 16.0 Å². The Morgan fingerprint density at radius 3 is 3.25 bits per heavy atom. The van der Waals surface area contributed by atoms with Crippen molar-refractivity contribution in [2.45, 2.75) is 25.8 Å². The Morgan fingerprint density at radius 2 is 2.62 bits per heavy atom. The Bertz CT molecular complexity index is 369. The Morgan fingerprint density at radius 1 is 1.81 bits per heavy atom. The minimum atomic E-state index is -0.767. The molecule has 16 heavy (non-hydrogen) atoms. The molecule has 0 saturated carbocycles. The van der Waals surface area contributed by atoms with E-state index in [0.29, 0.717) is 19.1 Å². The summed E-state index contributed by atoms with van der Waals surface area (Å²) >= 11 is 0. The Labute approximate surface area is 94.0 Å². The van der Waals surface area contributed by atoms with Crippen molar-refractivity contribution >= 4 is 5.97 Å². The summed E-state index contributed by atoms with van der Waals surface area (Å²) in [7, 11) is 0. The molecule has 88 valence electrons. The average molecular weight is 224 g/mol. The minimum Gasteiger partial charge on any atom is -0.481 e. The van der Waals surface area contributed by atoms with Crippen LogP contribution < -0.4 is 0 Å². The van der Waals surface area contributed by atoms with Gasteiger partial charge in [0, 0.05) is 12.8 Å². The topological polar surface area (TPSA) is 64.4 Å². The maximum atomic E-state index is 10.7. The van der Waals surface area contributed by atoms with Crippen molar-refractivity contribution in [3.63, 3.8) is 0 Å². The largest absolute Gasteiger partial charge is 0.481 e. The molecule has 1 N–H and O–H groups in total. The van der Waals surface area contributed by atoms with E-state index in [0.717, 1.165) is 18.6 Å². The maximum absolute atomic E-state index is 10.7. The van der Waals surface area contributed by atoms with E-state index in [1.54, 1.807) is 13.1 Å². The van der Waals surface area contributed by atoms with Gasteiger partial charge < -0.3 is 9.84 Å². The first kappa shape index (κ1) is 11.1. The van der Waals surface area contributed by atoms with Crippen molar-refractivity contribution in [2.75, 3.05) is 13.2 Å². The Balaban J connectivity index is 1.99. The third-order valence-corrected chi connectivity index (χ3v) is 2.90. The molecule has 1 saturated heterocycles. The Kier molecular flexibility index (Phi) is 3.24. The van der Waals surface area contributed by atoms with Gasteiger partial charge in [-0.1, -0.05) is 6.92 Å². The highest BCUT2D eigenvalue weighted by Gasteiger charge is 2.19. The highest BCUT2D eigenvalue weighted by Crippen LogP contribution is 2.19. The molecule has 0 spiro atoms. The van der Waals surface area contributed by atoms with Crippen LogP contribution in [0.4, 0.5) is 0 Å². The summed E-state index contributed by atoms with van der Waals surface area (Å²) in [6, 6.07) is 0.314. The van der Waals surface area contributed by atoms with Crippen LogP contribution in [0, 0.1) is 5.92 Å². The van der Waals surface area contributed by atoms with Gasteiger partial charge >= 0.3 is 5.97 Å². The summed E-state index contributed by atoms with van der Waals surface area (Å²) in [4.78, 5) is 10.7. The molecular weight excluding hydrogens is 208 g/mol. The molecule has 1 aliphatic rings. The number of aliphatic carboxylic acids is 1. The maximum Gasteiger partial charge on any atom is 0.306 e. The first-order valence-corrected chi connectivity index (χ1v) is 5.50. The fourth-order valence-corrected chi connectivity index (χ4v) is 1.85. The summed E-state index contributed by atoms with van der Waals surface area (Å²) in [6.45, 7) is 3.19. The molecule has 1 aromatic heterocycles. The highest BCUT2D eigenvalue weighted by atomic mass is 16.5. The van der Waals surface area contributed by atoms with Gasteiger partial charge in [0.2, 0.25) is 0 Å². The van der Waals surface area contributed by atoms with Crippen molar-refractivity contribution in [1.82, 2.24) is 9.78 Å². The van der Waals surface area contributed by atoms with E-state index in [2.05, 4.69) is 5.10 Å². The van der Waals surface area contributed by atoms with Gasteiger partial charge in [0.15, 0.2) is 0 Å². The van der Waals surface area contributed by atoms with Crippen LogP contribution in [0.3, 0.4) is 0 Å². The molecule has 5 nitrogen and oxygen atoms in total. The fourth-order valence-electron chi connectivity index (χ4n) is 1.85. The van der Waals surface area contributed by atoms with Gasteiger partial charge in [-0.05, 0) is 18.4 Å². The molecule has 0 aromatic carbocycles. The van der Waals surface area contributed by atoms with Crippen molar-refractivity contribution in [1.29, 1.82) is 0 Å². The van der Waals surface area contributed by atoms with E-state index in [9.17, 15) is 4.79 Å². The predicted molar refractivity (Wildman–Crippen MR) is 57.2 cm³/mol. The van der Waals surface area contributed by atoms with Crippen LogP contribution in [0.2, 0.25) is 0 Å². The van der Waals surface area contributed by atoms with Crippen LogP contribution in [0.25, 0.3) is 0 Å².